The molecular formula is C13H8F6O2. The fraction of sp³-hybridized carbons (Fsp3) is 0.231. The van der Waals surface area contributed by atoms with Crippen molar-refractivity contribution in [2.75, 3.05) is 0 Å². The molecule has 1 N–H and O–H groups in total. The molecule has 1 aromatic heterocycles. The number of halogens is 6. The van der Waals surface area contributed by atoms with E-state index in [0.717, 1.165) is 24.5 Å². The lowest BCUT2D eigenvalue weighted by atomic mass is 9.86. The lowest BCUT2D eigenvalue weighted by Crippen LogP contribution is -2.43. The number of alkyl halides is 6. The van der Waals surface area contributed by atoms with Gasteiger partial charge >= 0.3 is 12.4 Å². The van der Waals surface area contributed by atoms with Crippen LogP contribution in [-0.4, -0.2) is 11.3 Å². The summed E-state index contributed by atoms with van der Waals surface area (Å²) >= 11 is 0. The molecule has 0 saturated heterocycles. The van der Waals surface area contributed by atoms with Gasteiger partial charge in [-0.25, -0.2) is 0 Å². The third kappa shape index (κ3) is 2.63. The molecule has 2 aromatic rings. The highest BCUT2D eigenvalue weighted by Gasteiger charge is 2.57. The first-order valence-electron chi connectivity index (χ1n) is 5.56. The molecule has 0 fully saturated rings. The third-order valence-electron chi connectivity index (χ3n) is 2.96. The second-order valence-electron chi connectivity index (χ2n) is 4.30. The molecule has 0 aliphatic carbocycles. The van der Waals surface area contributed by atoms with Crippen LogP contribution in [0.5, 0.6) is 0 Å². The maximum Gasteiger partial charge on any atom is 0.425 e. The topological polar surface area (TPSA) is 33.4 Å². The lowest BCUT2D eigenvalue weighted by molar-refractivity contribution is -0.248. The van der Waals surface area contributed by atoms with Crippen LogP contribution in [-0.2, 0) is 11.8 Å². The van der Waals surface area contributed by atoms with Crippen molar-refractivity contribution >= 4 is 0 Å². The summed E-state index contributed by atoms with van der Waals surface area (Å²) in [5, 5.41) is 10.0. The fourth-order valence-electron chi connectivity index (χ4n) is 1.88. The lowest BCUT2D eigenvalue weighted by Gasteiger charge is -2.30. The minimum Gasteiger partial charge on any atom is -0.472 e. The molecule has 1 unspecified atom stereocenters. The minimum atomic E-state index is -5.22. The predicted molar refractivity (Wildman–Crippen MR) is 59.2 cm³/mol. The monoisotopic (exact) mass is 310 g/mol. The number of rotatable bonds is 2. The quantitative estimate of drug-likeness (QED) is 0.847. The van der Waals surface area contributed by atoms with Crippen molar-refractivity contribution < 1.29 is 35.9 Å². The zero-order valence-electron chi connectivity index (χ0n) is 10.2. The zero-order valence-corrected chi connectivity index (χ0v) is 10.2. The van der Waals surface area contributed by atoms with Gasteiger partial charge in [0.25, 0.3) is 0 Å². The van der Waals surface area contributed by atoms with Gasteiger partial charge in [0.1, 0.15) is 0 Å². The van der Waals surface area contributed by atoms with Crippen molar-refractivity contribution in [1.82, 2.24) is 0 Å². The van der Waals surface area contributed by atoms with E-state index >= 15 is 0 Å². The molecule has 0 aliphatic heterocycles. The van der Waals surface area contributed by atoms with Crippen molar-refractivity contribution in [2.45, 2.75) is 18.0 Å². The van der Waals surface area contributed by atoms with Gasteiger partial charge in [0, 0.05) is 5.56 Å². The van der Waals surface area contributed by atoms with Crippen LogP contribution >= 0.6 is 0 Å². The Morgan fingerprint density at radius 1 is 0.857 bits per heavy atom. The second kappa shape index (κ2) is 4.80. The van der Waals surface area contributed by atoms with Crippen LogP contribution in [0.4, 0.5) is 26.3 Å². The van der Waals surface area contributed by atoms with Crippen molar-refractivity contribution in [3.63, 3.8) is 0 Å². The van der Waals surface area contributed by atoms with Crippen molar-refractivity contribution in [1.29, 1.82) is 0 Å². The summed E-state index contributed by atoms with van der Waals surface area (Å²) in [5.41, 5.74) is -6.51. The molecule has 21 heavy (non-hydrogen) atoms. The van der Waals surface area contributed by atoms with Crippen molar-refractivity contribution in [2.24, 2.45) is 0 Å². The number of hydrogen-bond acceptors (Lipinski definition) is 2. The molecule has 1 heterocycles. The molecule has 0 amide bonds. The predicted octanol–water partition coefficient (Wildman–Crippen LogP) is 4.10. The molecule has 0 bridgehead atoms. The first-order chi connectivity index (χ1) is 9.57. The normalized spacial score (nSPS) is 15.8. The van der Waals surface area contributed by atoms with E-state index in [1.807, 2.05) is 0 Å². The van der Waals surface area contributed by atoms with Gasteiger partial charge in [-0.15, -0.1) is 0 Å². The first kappa shape index (κ1) is 15.4. The molecule has 2 nitrogen and oxygen atoms in total. The molecule has 8 heteroatoms. The maximum absolute atomic E-state index is 13.2. The van der Waals surface area contributed by atoms with E-state index in [4.69, 9.17) is 0 Å². The average Bonchev–Trinajstić information content (AvgIpc) is 2.89. The molecular weight excluding hydrogens is 302 g/mol. The van der Waals surface area contributed by atoms with Crippen LogP contribution < -0.4 is 0 Å². The van der Waals surface area contributed by atoms with E-state index in [2.05, 4.69) is 4.42 Å². The number of hydrogen-bond donors (Lipinski definition) is 1. The van der Waals surface area contributed by atoms with E-state index in [0.29, 0.717) is 12.3 Å². The van der Waals surface area contributed by atoms with Crippen LogP contribution in [0.1, 0.15) is 16.7 Å². The summed E-state index contributed by atoms with van der Waals surface area (Å²) in [6, 6.07) is 3.30. The molecule has 0 saturated carbocycles. The molecule has 114 valence electrons. The van der Waals surface area contributed by atoms with E-state index < -0.39 is 34.6 Å². The van der Waals surface area contributed by atoms with Crippen LogP contribution in [0.3, 0.4) is 0 Å². The maximum atomic E-state index is 13.2. The van der Waals surface area contributed by atoms with Crippen LogP contribution in [0.25, 0.3) is 0 Å². The fourth-order valence-corrected chi connectivity index (χ4v) is 1.88. The van der Waals surface area contributed by atoms with E-state index in [-0.39, 0.29) is 6.07 Å². The largest absolute Gasteiger partial charge is 0.472 e. The standard InChI is InChI=1S/C13H8F6O2/c14-12(15,16)9-3-1-2-8(6-9)11(20,13(17,18)19)10-4-5-21-7-10/h1-7,20H. The Morgan fingerprint density at radius 3 is 1.95 bits per heavy atom. The Morgan fingerprint density at radius 2 is 1.48 bits per heavy atom. The summed E-state index contributed by atoms with van der Waals surface area (Å²) in [5.74, 6) is 0. The number of furan rings is 1. The highest BCUT2D eigenvalue weighted by Crippen LogP contribution is 2.45. The number of benzene rings is 1. The van der Waals surface area contributed by atoms with Gasteiger partial charge in [0.15, 0.2) is 0 Å². The van der Waals surface area contributed by atoms with Gasteiger partial charge in [-0.05, 0) is 23.8 Å². The van der Waals surface area contributed by atoms with E-state index in [9.17, 15) is 31.4 Å². The molecule has 1 atom stereocenters. The van der Waals surface area contributed by atoms with Gasteiger partial charge in [0.05, 0.1) is 18.1 Å². The van der Waals surface area contributed by atoms with Gasteiger partial charge in [-0.1, -0.05) is 12.1 Å². The molecule has 0 aliphatic rings. The minimum absolute atomic E-state index is 0.264. The van der Waals surface area contributed by atoms with Crippen LogP contribution in [0.2, 0.25) is 0 Å². The SMILES string of the molecule is OC(c1ccoc1)(c1cccc(C(F)(F)F)c1)C(F)(F)F. The van der Waals surface area contributed by atoms with E-state index in [1.165, 1.54) is 0 Å². The van der Waals surface area contributed by atoms with Gasteiger partial charge in [-0.3, -0.25) is 0 Å². The molecule has 1 aromatic carbocycles. The molecule has 0 radical (unpaired) electrons. The number of aliphatic hydroxyl groups is 1. The van der Waals surface area contributed by atoms with Crippen molar-refractivity contribution in [3.8, 4) is 0 Å². The summed E-state index contributed by atoms with van der Waals surface area (Å²) in [6.07, 6.45) is -8.52. The van der Waals surface area contributed by atoms with Crippen molar-refractivity contribution in [3.05, 3.63) is 59.5 Å². The summed E-state index contributed by atoms with van der Waals surface area (Å²) in [6.45, 7) is 0. The Hall–Kier alpha value is -1.96. The smallest absolute Gasteiger partial charge is 0.425 e. The summed E-state index contributed by atoms with van der Waals surface area (Å²) < 4.78 is 82.0. The third-order valence-corrected chi connectivity index (χ3v) is 2.96. The van der Waals surface area contributed by atoms with Gasteiger partial charge in [-0.2, -0.15) is 26.3 Å². The summed E-state index contributed by atoms with van der Waals surface area (Å²) in [7, 11) is 0. The zero-order chi connectivity index (χ0) is 15.9. The van der Waals surface area contributed by atoms with Gasteiger partial charge in [0.2, 0.25) is 5.60 Å². The Bertz CT molecular complexity index is 614. The Balaban J connectivity index is 2.64. The molecule has 0 spiro atoms. The Kier molecular flexibility index (Phi) is 3.53. The highest BCUT2D eigenvalue weighted by atomic mass is 19.4. The molecule has 2 rings (SSSR count). The van der Waals surface area contributed by atoms with Gasteiger partial charge < -0.3 is 9.52 Å². The van der Waals surface area contributed by atoms with Crippen LogP contribution in [0, 0.1) is 0 Å². The van der Waals surface area contributed by atoms with E-state index in [1.54, 1.807) is 0 Å². The first-order valence-corrected chi connectivity index (χ1v) is 5.56. The average molecular weight is 310 g/mol. The summed E-state index contributed by atoms with van der Waals surface area (Å²) in [4.78, 5) is 0. The Labute approximate surface area is 114 Å². The second-order valence-corrected chi connectivity index (χ2v) is 4.30. The highest BCUT2D eigenvalue weighted by molar-refractivity contribution is 5.39. The van der Waals surface area contributed by atoms with Crippen LogP contribution in [0.15, 0.2) is 47.3 Å².